The summed E-state index contributed by atoms with van der Waals surface area (Å²) in [5.74, 6) is -1.10. The van der Waals surface area contributed by atoms with Crippen molar-refractivity contribution in [2.24, 2.45) is 0 Å². The first-order valence-corrected chi connectivity index (χ1v) is 8.49. The molecule has 112 valence electrons. The predicted octanol–water partition coefficient (Wildman–Crippen LogP) is 3.60. The first kappa shape index (κ1) is 15.7. The van der Waals surface area contributed by atoms with Crippen molar-refractivity contribution in [3.05, 3.63) is 44.3 Å². The summed E-state index contributed by atoms with van der Waals surface area (Å²) in [5, 5.41) is 14.7. The first-order chi connectivity index (χ1) is 10.0. The van der Waals surface area contributed by atoms with Gasteiger partial charge in [-0.25, -0.2) is 4.79 Å². The minimum atomic E-state index is -0.992. The SMILES string of the molecule is CCN(C(=O)c1csc(C(=O)O)c1)C(C)Cc1ccsc1. The Bertz CT molecular complexity index is 619. The van der Waals surface area contributed by atoms with Crippen LogP contribution < -0.4 is 0 Å². The van der Waals surface area contributed by atoms with E-state index in [1.165, 1.54) is 11.6 Å². The van der Waals surface area contributed by atoms with Crippen molar-refractivity contribution in [2.75, 3.05) is 6.54 Å². The number of thiophene rings is 2. The number of aromatic carboxylic acids is 1. The number of carbonyl (C=O) groups excluding carboxylic acids is 1. The van der Waals surface area contributed by atoms with E-state index in [-0.39, 0.29) is 16.8 Å². The summed E-state index contributed by atoms with van der Waals surface area (Å²) in [6, 6.07) is 3.59. The molecule has 1 N–H and O–H groups in total. The van der Waals surface area contributed by atoms with Crippen molar-refractivity contribution in [3.8, 4) is 0 Å². The van der Waals surface area contributed by atoms with Crippen LogP contribution in [0.4, 0.5) is 0 Å². The Kier molecular flexibility index (Phi) is 5.14. The molecule has 1 atom stereocenters. The van der Waals surface area contributed by atoms with E-state index in [9.17, 15) is 9.59 Å². The fourth-order valence-electron chi connectivity index (χ4n) is 2.24. The smallest absolute Gasteiger partial charge is 0.345 e. The summed E-state index contributed by atoms with van der Waals surface area (Å²) >= 11 is 2.73. The number of nitrogens with zero attached hydrogens (tertiary/aromatic N) is 1. The van der Waals surface area contributed by atoms with Crippen LogP contribution in [0.3, 0.4) is 0 Å². The lowest BCUT2D eigenvalue weighted by molar-refractivity contribution is 0.0700. The standard InChI is InChI=1S/C15H17NO3S2/c1-3-16(10(2)6-11-4-5-20-8-11)14(17)12-7-13(15(18)19)21-9-12/h4-5,7-10H,3,6H2,1-2H3,(H,18,19). The van der Waals surface area contributed by atoms with Gasteiger partial charge in [-0.2, -0.15) is 11.3 Å². The van der Waals surface area contributed by atoms with Crippen molar-refractivity contribution in [2.45, 2.75) is 26.3 Å². The van der Waals surface area contributed by atoms with Gasteiger partial charge in [0.1, 0.15) is 4.88 Å². The fourth-order valence-corrected chi connectivity index (χ4v) is 3.64. The molecule has 4 nitrogen and oxygen atoms in total. The summed E-state index contributed by atoms with van der Waals surface area (Å²) in [6.07, 6.45) is 0.805. The lowest BCUT2D eigenvalue weighted by atomic mass is 10.1. The second-order valence-corrected chi connectivity index (χ2v) is 6.47. The third-order valence-corrected chi connectivity index (χ3v) is 4.95. The van der Waals surface area contributed by atoms with Crippen LogP contribution >= 0.6 is 22.7 Å². The second kappa shape index (κ2) is 6.87. The van der Waals surface area contributed by atoms with Gasteiger partial charge in [-0.05, 0) is 48.7 Å². The zero-order chi connectivity index (χ0) is 15.4. The van der Waals surface area contributed by atoms with Crippen LogP contribution in [0.25, 0.3) is 0 Å². The van der Waals surface area contributed by atoms with Gasteiger partial charge in [0, 0.05) is 18.0 Å². The minimum absolute atomic E-state index is 0.0743. The topological polar surface area (TPSA) is 57.6 Å². The van der Waals surface area contributed by atoms with E-state index in [4.69, 9.17) is 5.11 Å². The Balaban J connectivity index is 2.11. The molecule has 0 bridgehead atoms. The third-order valence-electron chi connectivity index (χ3n) is 3.30. The zero-order valence-corrected chi connectivity index (χ0v) is 13.5. The van der Waals surface area contributed by atoms with Gasteiger partial charge in [-0.3, -0.25) is 4.79 Å². The van der Waals surface area contributed by atoms with Crippen LogP contribution in [0.2, 0.25) is 0 Å². The maximum Gasteiger partial charge on any atom is 0.345 e. The number of rotatable bonds is 6. The molecule has 1 amide bonds. The van der Waals surface area contributed by atoms with Crippen LogP contribution in [0.5, 0.6) is 0 Å². The average Bonchev–Trinajstić information content (AvgIpc) is 3.09. The van der Waals surface area contributed by atoms with Gasteiger partial charge in [0.2, 0.25) is 0 Å². The van der Waals surface area contributed by atoms with Crippen LogP contribution in [-0.2, 0) is 6.42 Å². The van der Waals surface area contributed by atoms with Gasteiger partial charge in [0.25, 0.3) is 5.91 Å². The Hall–Kier alpha value is -1.66. The molecular formula is C15H17NO3S2. The highest BCUT2D eigenvalue weighted by atomic mass is 32.1. The number of likely N-dealkylation sites (N-methyl/N-ethyl adjacent to an activating group) is 1. The van der Waals surface area contributed by atoms with E-state index in [1.807, 2.05) is 19.2 Å². The normalized spacial score (nSPS) is 12.1. The van der Waals surface area contributed by atoms with Crippen molar-refractivity contribution < 1.29 is 14.7 Å². The van der Waals surface area contributed by atoms with Crippen LogP contribution in [0.15, 0.2) is 28.3 Å². The molecule has 2 rings (SSSR count). The Labute approximate surface area is 131 Å². The molecule has 0 saturated heterocycles. The molecule has 21 heavy (non-hydrogen) atoms. The molecule has 0 aliphatic heterocycles. The summed E-state index contributed by atoms with van der Waals surface area (Å²) in [4.78, 5) is 25.4. The number of hydrogen-bond acceptors (Lipinski definition) is 4. The monoisotopic (exact) mass is 323 g/mol. The highest BCUT2D eigenvalue weighted by Crippen LogP contribution is 2.19. The molecule has 0 aromatic carbocycles. The fraction of sp³-hybridized carbons (Fsp3) is 0.333. The van der Waals surface area contributed by atoms with Gasteiger partial charge in [-0.15, -0.1) is 11.3 Å². The molecular weight excluding hydrogens is 306 g/mol. The zero-order valence-electron chi connectivity index (χ0n) is 11.9. The lowest BCUT2D eigenvalue weighted by Crippen LogP contribution is -2.39. The summed E-state index contributed by atoms with van der Waals surface area (Å²) in [7, 11) is 0. The number of carbonyl (C=O) groups is 2. The molecule has 6 heteroatoms. The largest absolute Gasteiger partial charge is 0.477 e. The highest BCUT2D eigenvalue weighted by Gasteiger charge is 2.22. The number of amides is 1. The van der Waals surface area contributed by atoms with Crippen LogP contribution in [-0.4, -0.2) is 34.5 Å². The van der Waals surface area contributed by atoms with E-state index >= 15 is 0 Å². The lowest BCUT2D eigenvalue weighted by Gasteiger charge is -2.27. The Morgan fingerprint density at radius 2 is 2.14 bits per heavy atom. The molecule has 2 aromatic heterocycles. The molecule has 0 aliphatic rings. The van der Waals surface area contributed by atoms with Gasteiger partial charge in [0.05, 0.1) is 5.56 Å². The van der Waals surface area contributed by atoms with Crippen molar-refractivity contribution in [3.63, 3.8) is 0 Å². The maximum atomic E-state index is 12.5. The minimum Gasteiger partial charge on any atom is -0.477 e. The molecule has 0 aliphatic carbocycles. The van der Waals surface area contributed by atoms with Gasteiger partial charge in [0.15, 0.2) is 0 Å². The summed E-state index contributed by atoms with van der Waals surface area (Å²) in [5.41, 5.74) is 1.67. The van der Waals surface area contributed by atoms with E-state index in [1.54, 1.807) is 21.6 Å². The summed E-state index contributed by atoms with van der Waals surface area (Å²) in [6.45, 7) is 4.55. The number of carboxylic acids is 1. The van der Waals surface area contributed by atoms with Crippen molar-refractivity contribution in [1.82, 2.24) is 4.90 Å². The van der Waals surface area contributed by atoms with Gasteiger partial charge < -0.3 is 10.0 Å². The summed E-state index contributed by atoms with van der Waals surface area (Å²) < 4.78 is 0. The third kappa shape index (κ3) is 3.71. The van der Waals surface area contributed by atoms with Gasteiger partial charge >= 0.3 is 5.97 Å². The molecule has 1 unspecified atom stereocenters. The van der Waals surface area contributed by atoms with E-state index in [0.29, 0.717) is 12.1 Å². The number of hydrogen-bond donors (Lipinski definition) is 1. The first-order valence-electron chi connectivity index (χ1n) is 6.66. The van der Waals surface area contributed by atoms with Crippen LogP contribution in [0, 0.1) is 0 Å². The van der Waals surface area contributed by atoms with E-state index in [0.717, 1.165) is 17.8 Å². The average molecular weight is 323 g/mol. The van der Waals surface area contributed by atoms with Crippen molar-refractivity contribution in [1.29, 1.82) is 0 Å². The molecule has 0 fully saturated rings. The van der Waals surface area contributed by atoms with E-state index in [2.05, 4.69) is 11.4 Å². The van der Waals surface area contributed by atoms with Gasteiger partial charge in [-0.1, -0.05) is 0 Å². The number of carboxylic acid groups (broad SMARTS) is 1. The molecule has 2 heterocycles. The second-order valence-electron chi connectivity index (χ2n) is 4.78. The quantitative estimate of drug-likeness (QED) is 0.883. The molecule has 0 radical (unpaired) electrons. The Morgan fingerprint density at radius 1 is 1.38 bits per heavy atom. The van der Waals surface area contributed by atoms with E-state index < -0.39 is 5.97 Å². The van der Waals surface area contributed by atoms with Crippen molar-refractivity contribution >= 4 is 34.6 Å². The maximum absolute atomic E-state index is 12.5. The predicted molar refractivity (Wildman–Crippen MR) is 85.5 cm³/mol. The molecule has 0 saturated carbocycles. The van der Waals surface area contributed by atoms with Crippen LogP contribution in [0.1, 0.15) is 39.4 Å². The Morgan fingerprint density at radius 3 is 2.67 bits per heavy atom. The highest BCUT2D eigenvalue weighted by molar-refractivity contribution is 7.12. The molecule has 0 spiro atoms. The molecule has 2 aromatic rings.